The standard InChI is InChI=1S/C17H21BF3NO3/c1-15(2)16(3,4)25-18(24-15)12-9-11(5-6-13(12)19)14(23)22-8-7-17(20,21)10-22/h5-6,9H,7-8,10H2,1-4H3. The minimum absolute atomic E-state index is 0.0188. The molecule has 136 valence electrons. The van der Waals surface area contributed by atoms with Crippen molar-refractivity contribution >= 4 is 18.5 Å². The third-order valence-electron chi connectivity index (χ3n) is 5.21. The molecular formula is C17H21BF3NO3. The molecule has 4 nitrogen and oxygen atoms in total. The van der Waals surface area contributed by atoms with Crippen LogP contribution in [0.2, 0.25) is 0 Å². The van der Waals surface area contributed by atoms with Gasteiger partial charge in [-0.15, -0.1) is 0 Å². The number of halogens is 3. The van der Waals surface area contributed by atoms with Gasteiger partial charge in [0.1, 0.15) is 5.82 Å². The maximum Gasteiger partial charge on any atom is 0.497 e. The van der Waals surface area contributed by atoms with Crippen molar-refractivity contribution in [3.05, 3.63) is 29.6 Å². The Morgan fingerprint density at radius 1 is 1.16 bits per heavy atom. The predicted molar refractivity (Wildman–Crippen MR) is 87.6 cm³/mol. The predicted octanol–water partition coefficient (Wildman–Crippen LogP) is 2.61. The molecule has 0 saturated carbocycles. The number of nitrogens with zero attached hydrogens (tertiary/aromatic N) is 1. The summed E-state index contributed by atoms with van der Waals surface area (Å²) in [6, 6.07) is 3.76. The zero-order valence-corrected chi connectivity index (χ0v) is 14.7. The summed E-state index contributed by atoms with van der Waals surface area (Å²) in [5, 5.41) is 0. The van der Waals surface area contributed by atoms with Crippen molar-refractivity contribution < 1.29 is 27.3 Å². The molecule has 0 atom stereocenters. The van der Waals surface area contributed by atoms with Crippen molar-refractivity contribution in [2.45, 2.75) is 51.2 Å². The molecule has 0 spiro atoms. The van der Waals surface area contributed by atoms with E-state index < -0.39 is 42.5 Å². The maximum atomic E-state index is 14.3. The van der Waals surface area contributed by atoms with Gasteiger partial charge in [0.05, 0.1) is 17.7 Å². The van der Waals surface area contributed by atoms with Gasteiger partial charge in [-0.05, 0) is 45.9 Å². The number of carbonyl (C=O) groups excluding carboxylic acids is 1. The fourth-order valence-corrected chi connectivity index (χ4v) is 2.92. The lowest BCUT2D eigenvalue weighted by Crippen LogP contribution is -2.41. The summed E-state index contributed by atoms with van der Waals surface area (Å²) in [5.74, 6) is -3.98. The molecule has 1 aromatic rings. The van der Waals surface area contributed by atoms with Crippen LogP contribution in [-0.4, -0.2) is 48.1 Å². The van der Waals surface area contributed by atoms with Gasteiger partial charge in [0.25, 0.3) is 11.8 Å². The van der Waals surface area contributed by atoms with Crippen molar-refractivity contribution in [3.63, 3.8) is 0 Å². The van der Waals surface area contributed by atoms with Crippen LogP contribution in [0.5, 0.6) is 0 Å². The highest BCUT2D eigenvalue weighted by molar-refractivity contribution is 6.62. The second-order valence-electron chi connectivity index (χ2n) is 7.66. The lowest BCUT2D eigenvalue weighted by Gasteiger charge is -2.32. The molecule has 0 radical (unpaired) electrons. The average molecular weight is 355 g/mol. The van der Waals surface area contributed by atoms with Crippen LogP contribution in [0.15, 0.2) is 18.2 Å². The fraction of sp³-hybridized carbons (Fsp3) is 0.588. The fourth-order valence-electron chi connectivity index (χ4n) is 2.92. The van der Waals surface area contributed by atoms with Gasteiger partial charge in [-0.25, -0.2) is 13.2 Å². The normalized spacial score (nSPS) is 24.0. The monoisotopic (exact) mass is 355 g/mol. The summed E-state index contributed by atoms with van der Waals surface area (Å²) in [6.45, 7) is 6.72. The minimum atomic E-state index is -2.87. The van der Waals surface area contributed by atoms with E-state index in [1.807, 2.05) is 27.7 Å². The molecule has 2 heterocycles. The van der Waals surface area contributed by atoms with Gasteiger partial charge < -0.3 is 14.2 Å². The van der Waals surface area contributed by atoms with Gasteiger partial charge in [0.2, 0.25) is 0 Å². The van der Waals surface area contributed by atoms with Crippen LogP contribution in [0.4, 0.5) is 13.2 Å². The molecule has 25 heavy (non-hydrogen) atoms. The van der Waals surface area contributed by atoms with Crippen molar-refractivity contribution in [3.8, 4) is 0 Å². The largest absolute Gasteiger partial charge is 0.497 e. The van der Waals surface area contributed by atoms with Crippen LogP contribution in [0.3, 0.4) is 0 Å². The minimum Gasteiger partial charge on any atom is -0.399 e. The molecule has 0 aromatic heterocycles. The van der Waals surface area contributed by atoms with E-state index in [4.69, 9.17) is 9.31 Å². The number of rotatable bonds is 2. The quantitative estimate of drug-likeness (QED) is 0.766. The molecule has 0 bridgehead atoms. The van der Waals surface area contributed by atoms with Gasteiger partial charge >= 0.3 is 7.12 Å². The smallest absolute Gasteiger partial charge is 0.399 e. The second kappa shape index (κ2) is 5.74. The van der Waals surface area contributed by atoms with E-state index in [1.165, 1.54) is 12.1 Å². The molecule has 8 heteroatoms. The number of benzene rings is 1. The van der Waals surface area contributed by atoms with E-state index in [0.717, 1.165) is 11.0 Å². The molecule has 3 rings (SSSR count). The second-order valence-corrected chi connectivity index (χ2v) is 7.66. The first-order chi connectivity index (χ1) is 11.4. The molecule has 1 amide bonds. The summed E-state index contributed by atoms with van der Waals surface area (Å²) in [5.41, 5.74) is -1.07. The Morgan fingerprint density at radius 2 is 1.76 bits per heavy atom. The molecule has 2 fully saturated rings. The molecule has 0 unspecified atom stereocenters. The van der Waals surface area contributed by atoms with Crippen LogP contribution < -0.4 is 5.46 Å². The molecule has 1 aromatic carbocycles. The topological polar surface area (TPSA) is 38.8 Å². The first-order valence-electron chi connectivity index (χ1n) is 8.24. The number of carbonyl (C=O) groups is 1. The summed E-state index contributed by atoms with van der Waals surface area (Å²) in [6.07, 6.45) is -0.357. The summed E-state index contributed by atoms with van der Waals surface area (Å²) >= 11 is 0. The number of amides is 1. The Labute approximate surface area is 145 Å². The third kappa shape index (κ3) is 3.29. The maximum absolute atomic E-state index is 14.3. The zero-order chi connectivity index (χ0) is 18.6. The van der Waals surface area contributed by atoms with Crippen molar-refractivity contribution in [1.29, 1.82) is 0 Å². The van der Waals surface area contributed by atoms with Gasteiger partial charge in [0.15, 0.2) is 0 Å². The summed E-state index contributed by atoms with van der Waals surface area (Å²) in [4.78, 5) is 13.5. The van der Waals surface area contributed by atoms with Gasteiger partial charge in [-0.3, -0.25) is 4.79 Å². The Hall–Kier alpha value is -1.54. The Bertz CT molecular complexity index is 692. The number of likely N-dealkylation sites (tertiary alicyclic amines) is 1. The lowest BCUT2D eigenvalue weighted by atomic mass is 9.78. The third-order valence-corrected chi connectivity index (χ3v) is 5.21. The number of hydrogen-bond donors (Lipinski definition) is 0. The highest BCUT2D eigenvalue weighted by atomic mass is 19.3. The van der Waals surface area contributed by atoms with E-state index in [0.29, 0.717) is 0 Å². The Morgan fingerprint density at radius 3 is 2.28 bits per heavy atom. The van der Waals surface area contributed by atoms with E-state index >= 15 is 0 Å². The van der Waals surface area contributed by atoms with Crippen LogP contribution in [0.25, 0.3) is 0 Å². The molecule has 0 aliphatic carbocycles. The van der Waals surface area contributed by atoms with Gasteiger partial charge in [-0.1, -0.05) is 0 Å². The van der Waals surface area contributed by atoms with Gasteiger partial charge in [-0.2, -0.15) is 0 Å². The van der Waals surface area contributed by atoms with Crippen molar-refractivity contribution in [1.82, 2.24) is 4.90 Å². The first-order valence-corrected chi connectivity index (χ1v) is 8.24. The molecule has 2 aliphatic rings. The molecular weight excluding hydrogens is 334 g/mol. The first kappa shape index (κ1) is 18.3. The van der Waals surface area contributed by atoms with E-state index in [1.54, 1.807) is 0 Å². The Balaban J connectivity index is 1.86. The number of alkyl halides is 2. The number of hydrogen-bond acceptors (Lipinski definition) is 3. The Kier molecular flexibility index (Phi) is 4.19. The van der Waals surface area contributed by atoms with Crippen molar-refractivity contribution in [2.24, 2.45) is 0 Å². The van der Waals surface area contributed by atoms with Crippen LogP contribution in [0, 0.1) is 5.82 Å². The molecule has 2 saturated heterocycles. The van der Waals surface area contributed by atoms with E-state index in [-0.39, 0.29) is 24.0 Å². The van der Waals surface area contributed by atoms with E-state index in [9.17, 15) is 18.0 Å². The lowest BCUT2D eigenvalue weighted by molar-refractivity contribution is 0.00578. The van der Waals surface area contributed by atoms with Gasteiger partial charge in [0, 0.05) is 24.0 Å². The highest BCUT2D eigenvalue weighted by Gasteiger charge is 2.52. The molecule has 2 aliphatic heterocycles. The van der Waals surface area contributed by atoms with E-state index in [2.05, 4.69) is 0 Å². The van der Waals surface area contributed by atoms with Crippen LogP contribution in [-0.2, 0) is 9.31 Å². The van der Waals surface area contributed by atoms with Crippen LogP contribution in [0.1, 0.15) is 44.5 Å². The summed E-state index contributed by atoms with van der Waals surface area (Å²) < 4.78 is 52.6. The van der Waals surface area contributed by atoms with Crippen LogP contribution >= 0.6 is 0 Å². The average Bonchev–Trinajstić information content (AvgIpc) is 2.95. The van der Waals surface area contributed by atoms with Crippen molar-refractivity contribution in [2.75, 3.05) is 13.1 Å². The zero-order valence-electron chi connectivity index (χ0n) is 14.7. The SMILES string of the molecule is CC1(C)OB(c2cc(C(=O)N3CCC(F)(F)C3)ccc2F)OC1(C)C. The summed E-state index contributed by atoms with van der Waals surface area (Å²) in [7, 11) is -0.960. The molecule has 0 N–H and O–H groups in total. The highest BCUT2D eigenvalue weighted by Crippen LogP contribution is 2.36.